The highest BCUT2D eigenvalue weighted by atomic mass is 32.1. The van der Waals surface area contributed by atoms with Gasteiger partial charge in [0.05, 0.1) is 12.2 Å². The summed E-state index contributed by atoms with van der Waals surface area (Å²) in [5.41, 5.74) is 8.86. The first-order chi connectivity index (χ1) is 7.74. The fourth-order valence-electron chi connectivity index (χ4n) is 2.27. The molecule has 1 aliphatic rings. The van der Waals surface area contributed by atoms with Crippen LogP contribution < -0.4 is 5.73 Å². The van der Waals surface area contributed by atoms with Gasteiger partial charge in [0.2, 0.25) is 0 Å². The second-order valence-corrected chi connectivity index (χ2v) is 5.54. The molecule has 0 saturated carbocycles. The smallest absolute Gasteiger partial charge is 0.0677 e. The molecule has 2 aromatic heterocycles. The lowest BCUT2D eigenvalue weighted by Gasteiger charge is -2.06. The first-order valence-corrected chi connectivity index (χ1v) is 6.41. The normalized spacial score (nSPS) is 16.4. The highest BCUT2D eigenvalue weighted by Crippen LogP contribution is 2.34. The van der Waals surface area contributed by atoms with Crippen molar-refractivity contribution < 1.29 is 0 Å². The molecule has 3 rings (SSSR count). The first kappa shape index (κ1) is 10.1. The lowest BCUT2D eigenvalue weighted by molar-refractivity contribution is 0.765. The molecule has 0 aromatic carbocycles. The third kappa shape index (κ3) is 1.58. The van der Waals surface area contributed by atoms with E-state index < -0.39 is 0 Å². The number of aromatic nitrogens is 2. The average Bonchev–Trinajstić information content (AvgIpc) is 2.89. The summed E-state index contributed by atoms with van der Waals surface area (Å²) in [5.74, 6) is 0. The van der Waals surface area contributed by atoms with Gasteiger partial charge in [0, 0.05) is 28.6 Å². The second kappa shape index (κ2) is 3.71. The number of nitrogens with two attached hydrogens (primary N) is 1. The largest absolute Gasteiger partial charge is 0.320 e. The van der Waals surface area contributed by atoms with Gasteiger partial charge in [-0.3, -0.25) is 4.68 Å². The number of hydrogen-bond donors (Lipinski definition) is 1. The molecule has 4 heteroatoms. The summed E-state index contributed by atoms with van der Waals surface area (Å²) < 4.78 is 1.80. The molecule has 0 aliphatic heterocycles. The van der Waals surface area contributed by atoms with Gasteiger partial charge in [0.15, 0.2) is 0 Å². The maximum Gasteiger partial charge on any atom is 0.0677 e. The van der Waals surface area contributed by atoms with E-state index >= 15 is 0 Å². The van der Waals surface area contributed by atoms with E-state index in [2.05, 4.69) is 11.2 Å². The Bertz CT molecular complexity index is 491. The lowest BCUT2D eigenvalue weighted by Crippen LogP contribution is -2.09. The summed E-state index contributed by atoms with van der Waals surface area (Å²) in [5, 5.41) is 4.17. The number of thiophene rings is 1. The minimum Gasteiger partial charge on any atom is -0.320 e. The van der Waals surface area contributed by atoms with Crippen LogP contribution in [-0.2, 0) is 19.9 Å². The van der Waals surface area contributed by atoms with Gasteiger partial charge in [-0.2, -0.15) is 5.10 Å². The topological polar surface area (TPSA) is 43.8 Å². The number of fused-ring (bicyclic) bond motifs is 1. The maximum atomic E-state index is 6.25. The fourth-order valence-corrected chi connectivity index (χ4v) is 3.56. The van der Waals surface area contributed by atoms with Crippen molar-refractivity contribution in [2.24, 2.45) is 12.8 Å². The fraction of sp³-hybridized carbons (Fsp3) is 0.417. The Morgan fingerprint density at radius 1 is 1.50 bits per heavy atom. The molecular formula is C12H15N3S. The third-order valence-electron chi connectivity index (χ3n) is 3.16. The summed E-state index contributed by atoms with van der Waals surface area (Å²) in [7, 11) is 1.92. The molecule has 1 unspecified atom stereocenters. The quantitative estimate of drug-likeness (QED) is 0.862. The number of nitrogens with zero attached hydrogens (tertiary/aromatic N) is 2. The van der Waals surface area contributed by atoms with Crippen molar-refractivity contribution in [1.82, 2.24) is 9.78 Å². The highest BCUT2D eigenvalue weighted by Gasteiger charge is 2.19. The molecule has 0 saturated heterocycles. The molecule has 2 heterocycles. The van der Waals surface area contributed by atoms with E-state index in [9.17, 15) is 0 Å². The van der Waals surface area contributed by atoms with Gasteiger partial charge in [-0.05, 0) is 30.9 Å². The van der Waals surface area contributed by atoms with Crippen molar-refractivity contribution in [2.75, 3.05) is 0 Å². The van der Waals surface area contributed by atoms with Crippen LogP contribution in [0.2, 0.25) is 0 Å². The molecule has 1 atom stereocenters. The minimum absolute atomic E-state index is 0.00991. The maximum absolute atomic E-state index is 6.25. The van der Waals surface area contributed by atoms with E-state index in [1.807, 2.05) is 30.8 Å². The standard InChI is InChI=1S/C12H15N3S/c1-15-7-9(6-14-15)12(13)11-5-8-3-2-4-10(8)16-11/h5-7,12H,2-4,13H2,1H3. The molecule has 0 bridgehead atoms. The van der Waals surface area contributed by atoms with E-state index in [0.29, 0.717) is 0 Å². The van der Waals surface area contributed by atoms with Crippen molar-refractivity contribution >= 4 is 11.3 Å². The van der Waals surface area contributed by atoms with Crippen molar-refractivity contribution in [1.29, 1.82) is 0 Å². The molecule has 0 fully saturated rings. The van der Waals surface area contributed by atoms with Gasteiger partial charge in [-0.1, -0.05) is 0 Å². The van der Waals surface area contributed by atoms with Gasteiger partial charge in [0.25, 0.3) is 0 Å². The van der Waals surface area contributed by atoms with E-state index in [-0.39, 0.29) is 6.04 Å². The van der Waals surface area contributed by atoms with Crippen LogP contribution in [0.25, 0.3) is 0 Å². The van der Waals surface area contributed by atoms with Crippen LogP contribution in [0.3, 0.4) is 0 Å². The van der Waals surface area contributed by atoms with E-state index in [4.69, 9.17) is 5.73 Å². The van der Waals surface area contributed by atoms with Crippen LogP contribution in [0, 0.1) is 0 Å². The predicted octanol–water partition coefficient (Wildman–Crippen LogP) is 2.02. The van der Waals surface area contributed by atoms with Crippen LogP contribution in [0.5, 0.6) is 0 Å². The zero-order valence-electron chi connectivity index (χ0n) is 9.31. The van der Waals surface area contributed by atoms with Gasteiger partial charge in [0.1, 0.15) is 0 Å². The Morgan fingerprint density at radius 3 is 3.06 bits per heavy atom. The summed E-state index contributed by atoms with van der Waals surface area (Å²) in [6, 6.07) is 2.27. The van der Waals surface area contributed by atoms with Crippen LogP contribution >= 0.6 is 11.3 Å². The molecule has 3 nitrogen and oxygen atoms in total. The zero-order chi connectivity index (χ0) is 11.1. The Kier molecular flexibility index (Phi) is 2.33. The van der Waals surface area contributed by atoms with Crippen molar-refractivity contribution in [3.05, 3.63) is 39.3 Å². The summed E-state index contributed by atoms with van der Waals surface area (Å²) in [6.45, 7) is 0. The molecule has 2 aromatic rings. The second-order valence-electron chi connectivity index (χ2n) is 4.38. The molecule has 0 spiro atoms. The Morgan fingerprint density at radius 2 is 2.38 bits per heavy atom. The van der Waals surface area contributed by atoms with Crippen LogP contribution in [0.4, 0.5) is 0 Å². The Balaban J connectivity index is 1.91. The number of hydrogen-bond acceptors (Lipinski definition) is 3. The van der Waals surface area contributed by atoms with Gasteiger partial charge in [-0.25, -0.2) is 0 Å². The van der Waals surface area contributed by atoms with Gasteiger partial charge >= 0.3 is 0 Å². The van der Waals surface area contributed by atoms with Crippen LogP contribution in [-0.4, -0.2) is 9.78 Å². The predicted molar refractivity (Wildman–Crippen MR) is 65.6 cm³/mol. The monoisotopic (exact) mass is 233 g/mol. The van der Waals surface area contributed by atoms with E-state index in [1.54, 1.807) is 4.68 Å². The molecule has 2 N–H and O–H groups in total. The molecule has 0 radical (unpaired) electrons. The Labute approximate surface area is 98.9 Å². The highest BCUT2D eigenvalue weighted by molar-refractivity contribution is 7.12. The van der Waals surface area contributed by atoms with Gasteiger partial charge in [-0.15, -0.1) is 11.3 Å². The average molecular weight is 233 g/mol. The molecule has 84 valence electrons. The summed E-state index contributed by atoms with van der Waals surface area (Å²) >= 11 is 1.87. The van der Waals surface area contributed by atoms with Crippen molar-refractivity contribution in [2.45, 2.75) is 25.3 Å². The SMILES string of the molecule is Cn1cc(C(N)c2cc3c(s2)CCC3)cn1. The molecule has 0 amide bonds. The first-order valence-electron chi connectivity index (χ1n) is 5.59. The molecule has 16 heavy (non-hydrogen) atoms. The van der Waals surface area contributed by atoms with Crippen LogP contribution in [0.1, 0.15) is 33.3 Å². The van der Waals surface area contributed by atoms with Gasteiger partial charge < -0.3 is 5.73 Å². The third-order valence-corrected chi connectivity index (χ3v) is 4.48. The lowest BCUT2D eigenvalue weighted by atomic mass is 10.1. The summed E-state index contributed by atoms with van der Waals surface area (Å²) in [4.78, 5) is 2.81. The minimum atomic E-state index is -0.00991. The van der Waals surface area contributed by atoms with E-state index in [0.717, 1.165) is 5.56 Å². The molecule has 1 aliphatic carbocycles. The number of aryl methyl sites for hydroxylation is 3. The molecular weight excluding hydrogens is 218 g/mol. The van der Waals surface area contributed by atoms with Crippen molar-refractivity contribution in [3.63, 3.8) is 0 Å². The van der Waals surface area contributed by atoms with E-state index in [1.165, 1.54) is 34.6 Å². The Hall–Kier alpha value is -1.13. The zero-order valence-corrected chi connectivity index (χ0v) is 10.1. The van der Waals surface area contributed by atoms with Crippen LogP contribution in [0.15, 0.2) is 18.5 Å². The summed E-state index contributed by atoms with van der Waals surface area (Å²) in [6.07, 6.45) is 7.62. The number of rotatable bonds is 2. The van der Waals surface area contributed by atoms with Crippen molar-refractivity contribution in [3.8, 4) is 0 Å².